The minimum Gasteiger partial charge on any atom is -0.478 e. The van der Waals surface area contributed by atoms with Crippen LogP contribution in [0.5, 0.6) is 0 Å². The van der Waals surface area contributed by atoms with Crippen molar-refractivity contribution >= 4 is 33.7 Å². The lowest BCUT2D eigenvalue weighted by molar-refractivity contribution is 0.0693. The summed E-state index contributed by atoms with van der Waals surface area (Å²) in [7, 11) is 0. The summed E-state index contributed by atoms with van der Waals surface area (Å²) in [6.07, 6.45) is 0.982. The highest BCUT2D eigenvalue weighted by atomic mass is 79.9. The highest BCUT2D eigenvalue weighted by Gasteiger charge is 2.20. The van der Waals surface area contributed by atoms with E-state index in [9.17, 15) is 4.79 Å². The quantitative estimate of drug-likeness (QED) is 0.932. The second-order valence-electron chi connectivity index (χ2n) is 3.55. The maximum absolute atomic E-state index is 11.0. The summed E-state index contributed by atoms with van der Waals surface area (Å²) in [6.45, 7) is 1.48. The van der Waals surface area contributed by atoms with Crippen molar-refractivity contribution in [1.29, 1.82) is 0 Å². The summed E-state index contributed by atoms with van der Waals surface area (Å²) < 4.78 is 6.18. The lowest BCUT2D eigenvalue weighted by Crippen LogP contribution is -2.04. The van der Waals surface area contributed by atoms with Gasteiger partial charge in [-0.25, -0.2) is 4.79 Å². The first kappa shape index (κ1) is 12.0. The van der Waals surface area contributed by atoms with Gasteiger partial charge in [0.15, 0.2) is 0 Å². The molecule has 86 valence electrons. The van der Waals surface area contributed by atoms with Crippen LogP contribution in [0.3, 0.4) is 0 Å². The summed E-state index contributed by atoms with van der Waals surface area (Å²) in [5, 5.41) is 9.44. The second kappa shape index (κ2) is 5.21. The number of hydrogen-bond donors (Lipinski definition) is 1. The van der Waals surface area contributed by atoms with E-state index in [4.69, 9.17) is 9.84 Å². The van der Waals surface area contributed by atoms with E-state index in [1.165, 1.54) is 0 Å². The molecule has 0 spiro atoms. The number of aromatic carboxylic acids is 1. The molecule has 1 saturated heterocycles. The third kappa shape index (κ3) is 2.78. The van der Waals surface area contributed by atoms with Gasteiger partial charge in [-0.15, -0.1) is 11.8 Å². The zero-order valence-electron chi connectivity index (χ0n) is 8.48. The van der Waals surface area contributed by atoms with Crippen molar-refractivity contribution in [1.82, 2.24) is 0 Å². The molecule has 1 aromatic carbocycles. The maximum atomic E-state index is 11.0. The van der Waals surface area contributed by atoms with Gasteiger partial charge >= 0.3 is 5.97 Å². The number of carboxylic acids is 1. The molecular formula is C11H11BrO3S. The zero-order valence-corrected chi connectivity index (χ0v) is 10.9. The molecule has 2 rings (SSSR count). The van der Waals surface area contributed by atoms with E-state index >= 15 is 0 Å². The number of ether oxygens (including phenoxy) is 1. The van der Waals surface area contributed by atoms with E-state index in [-0.39, 0.29) is 0 Å². The lowest BCUT2D eigenvalue weighted by Gasteiger charge is -2.10. The maximum Gasteiger partial charge on any atom is 0.336 e. The standard InChI is InChI=1S/C11H11BrO3S/c12-7-1-2-9(11(13)14)10(5-7)16-8-3-4-15-6-8/h1-2,5,8H,3-4,6H2,(H,13,14). The molecule has 0 radical (unpaired) electrons. The number of halogens is 1. The minimum atomic E-state index is -0.881. The van der Waals surface area contributed by atoms with Crippen molar-refractivity contribution in [3.63, 3.8) is 0 Å². The summed E-state index contributed by atoms with van der Waals surface area (Å²) in [5.41, 5.74) is 0.361. The van der Waals surface area contributed by atoms with Crippen molar-refractivity contribution in [2.45, 2.75) is 16.6 Å². The van der Waals surface area contributed by atoms with E-state index in [1.54, 1.807) is 23.9 Å². The topological polar surface area (TPSA) is 46.5 Å². The van der Waals surface area contributed by atoms with Gasteiger partial charge in [-0.2, -0.15) is 0 Å². The van der Waals surface area contributed by atoms with Crippen LogP contribution >= 0.6 is 27.7 Å². The summed E-state index contributed by atoms with van der Waals surface area (Å²) in [6, 6.07) is 5.23. The Labute approximate surface area is 106 Å². The smallest absolute Gasteiger partial charge is 0.336 e. The molecule has 1 aromatic rings. The van der Waals surface area contributed by atoms with E-state index < -0.39 is 5.97 Å². The van der Waals surface area contributed by atoms with Crippen molar-refractivity contribution in [2.24, 2.45) is 0 Å². The van der Waals surface area contributed by atoms with Gasteiger partial charge in [0.25, 0.3) is 0 Å². The van der Waals surface area contributed by atoms with Gasteiger partial charge in [0.2, 0.25) is 0 Å². The molecule has 0 aromatic heterocycles. The first-order valence-electron chi connectivity index (χ1n) is 4.94. The van der Waals surface area contributed by atoms with Crippen LogP contribution < -0.4 is 0 Å². The van der Waals surface area contributed by atoms with Crippen LogP contribution in [0, 0.1) is 0 Å². The third-order valence-electron chi connectivity index (χ3n) is 2.36. The summed E-state index contributed by atoms with van der Waals surface area (Å²) in [5.74, 6) is -0.881. The van der Waals surface area contributed by atoms with E-state index in [0.29, 0.717) is 17.4 Å². The predicted molar refractivity (Wildman–Crippen MR) is 66.2 cm³/mol. The normalized spacial score (nSPS) is 19.9. The molecule has 0 saturated carbocycles. The fourth-order valence-corrected chi connectivity index (χ4v) is 3.28. The summed E-state index contributed by atoms with van der Waals surface area (Å²) in [4.78, 5) is 11.9. The first-order valence-corrected chi connectivity index (χ1v) is 6.61. The predicted octanol–water partition coefficient (Wildman–Crippen LogP) is 3.03. The van der Waals surface area contributed by atoms with Crippen molar-refractivity contribution in [2.75, 3.05) is 13.2 Å². The molecular weight excluding hydrogens is 292 g/mol. The Morgan fingerprint density at radius 2 is 2.38 bits per heavy atom. The lowest BCUT2D eigenvalue weighted by atomic mass is 10.2. The summed E-state index contributed by atoms with van der Waals surface area (Å²) >= 11 is 4.94. The zero-order chi connectivity index (χ0) is 11.5. The largest absolute Gasteiger partial charge is 0.478 e. The molecule has 1 unspecified atom stereocenters. The molecule has 1 atom stereocenters. The van der Waals surface area contributed by atoms with E-state index in [0.717, 1.165) is 22.4 Å². The molecule has 0 bridgehead atoms. The van der Waals surface area contributed by atoms with Crippen molar-refractivity contribution < 1.29 is 14.6 Å². The van der Waals surface area contributed by atoms with Gasteiger partial charge in [-0.3, -0.25) is 0 Å². The van der Waals surface area contributed by atoms with Crippen LogP contribution in [0.15, 0.2) is 27.6 Å². The van der Waals surface area contributed by atoms with Gasteiger partial charge in [-0.1, -0.05) is 15.9 Å². The fraction of sp³-hybridized carbons (Fsp3) is 0.364. The number of carbonyl (C=O) groups is 1. The average molecular weight is 303 g/mol. The van der Waals surface area contributed by atoms with Gasteiger partial charge in [0.05, 0.1) is 12.2 Å². The molecule has 0 aliphatic carbocycles. The number of thioether (sulfide) groups is 1. The van der Waals surface area contributed by atoms with Gasteiger partial charge in [-0.05, 0) is 24.6 Å². The Kier molecular flexibility index (Phi) is 3.89. The second-order valence-corrected chi connectivity index (χ2v) is 5.81. The highest BCUT2D eigenvalue weighted by Crippen LogP contribution is 2.33. The van der Waals surface area contributed by atoms with Gasteiger partial charge in [0, 0.05) is 21.2 Å². The first-order chi connectivity index (χ1) is 7.66. The fourth-order valence-electron chi connectivity index (χ4n) is 1.56. The van der Waals surface area contributed by atoms with Crippen LogP contribution in [0.4, 0.5) is 0 Å². The molecule has 5 heteroatoms. The highest BCUT2D eigenvalue weighted by molar-refractivity contribution is 9.10. The third-order valence-corrected chi connectivity index (χ3v) is 4.15. The molecule has 1 fully saturated rings. The Bertz CT molecular complexity index is 402. The van der Waals surface area contributed by atoms with Crippen LogP contribution in [-0.4, -0.2) is 29.5 Å². The number of carboxylic acid groups (broad SMARTS) is 1. The van der Waals surface area contributed by atoms with Crippen molar-refractivity contribution in [3.8, 4) is 0 Å². The Hall–Kier alpha value is -0.520. The number of benzene rings is 1. The molecule has 16 heavy (non-hydrogen) atoms. The average Bonchev–Trinajstić information content (AvgIpc) is 2.70. The Morgan fingerprint density at radius 1 is 1.56 bits per heavy atom. The Balaban J connectivity index is 2.22. The number of hydrogen-bond acceptors (Lipinski definition) is 3. The van der Waals surface area contributed by atoms with Crippen LogP contribution in [0.2, 0.25) is 0 Å². The van der Waals surface area contributed by atoms with E-state index in [1.807, 2.05) is 6.07 Å². The van der Waals surface area contributed by atoms with E-state index in [2.05, 4.69) is 15.9 Å². The van der Waals surface area contributed by atoms with Gasteiger partial charge in [0.1, 0.15) is 0 Å². The van der Waals surface area contributed by atoms with Crippen LogP contribution in [-0.2, 0) is 4.74 Å². The molecule has 1 heterocycles. The molecule has 1 aliphatic heterocycles. The molecule has 3 nitrogen and oxygen atoms in total. The monoisotopic (exact) mass is 302 g/mol. The Morgan fingerprint density at radius 3 is 3.00 bits per heavy atom. The molecule has 1 N–H and O–H groups in total. The SMILES string of the molecule is O=C(O)c1ccc(Br)cc1SC1CCOC1. The minimum absolute atomic E-state index is 0.361. The molecule has 1 aliphatic rings. The molecule has 0 amide bonds. The van der Waals surface area contributed by atoms with Gasteiger partial charge < -0.3 is 9.84 Å². The number of rotatable bonds is 3. The van der Waals surface area contributed by atoms with Crippen LogP contribution in [0.25, 0.3) is 0 Å². The van der Waals surface area contributed by atoms with Crippen molar-refractivity contribution in [3.05, 3.63) is 28.2 Å². The van der Waals surface area contributed by atoms with Crippen LogP contribution in [0.1, 0.15) is 16.8 Å².